The topological polar surface area (TPSA) is 55.6 Å². The fraction of sp³-hybridized carbons (Fsp3) is 0.417. The first kappa shape index (κ1) is 11.7. The Morgan fingerprint density at radius 1 is 1.41 bits per heavy atom. The third-order valence-corrected chi connectivity index (χ3v) is 2.74. The zero-order valence-corrected chi connectivity index (χ0v) is 10.4. The van der Waals surface area contributed by atoms with Crippen LogP contribution in [-0.4, -0.2) is 19.7 Å². The largest absolute Gasteiger partial charge is 0.305 e. The summed E-state index contributed by atoms with van der Waals surface area (Å²) in [6.07, 6.45) is 7.21. The quantitative estimate of drug-likeness (QED) is 0.863. The van der Waals surface area contributed by atoms with Crippen molar-refractivity contribution < 1.29 is 0 Å². The molecule has 0 bridgehead atoms. The Labute approximate surface area is 101 Å². The van der Waals surface area contributed by atoms with Crippen LogP contribution >= 0.6 is 0 Å². The van der Waals surface area contributed by atoms with Gasteiger partial charge in [0.15, 0.2) is 0 Å². The molecule has 2 heterocycles. The van der Waals surface area contributed by atoms with Crippen molar-refractivity contribution in [2.45, 2.75) is 26.4 Å². The molecule has 0 aliphatic rings. The lowest BCUT2D eigenvalue weighted by molar-refractivity contribution is 0.558. The first-order valence-electron chi connectivity index (χ1n) is 5.65. The zero-order valence-electron chi connectivity index (χ0n) is 10.4. The van der Waals surface area contributed by atoms with Crippen molar-refractivity contribution >= 4 is 0 Å². The van der Waals surface area contributed by atoms with Gasteiger partial charge in [0.05, 0.1) is 11.4 Å². The van der Waals surface area contributed by atoms with E-state index in [-0.39, 0.29) is 6.04 Å². The highest BCUT2D eigenvalue weighted by molar-refractivity contribution is 5.15. The molecule has 1 unspecified atom stereocenters. The Morgan fingerprint density at radius 3 is 2.82 bits per heavy atom. The third-order valence-electron chi connectivity index (χ3n) is 2.74. The van der Waals surface area contributed by atoms with Crippen molar-refractivity contribution in [2.75, 3.05) is 0 Å². The number of hydrogen-bond acceptors (Lipinski definition) is 4. The molecule has 17 heavy (non-hydrogen) atoms. The van der Waals surface area contributed by atoms with Crippen LogP contribution in [0.5, 0.6) is 0 Å². The van der Waals surface area contributed by atoms with Crippen LogP contribution in [0.25, 0.3) is 0 Å². The van der Waals surface area contributed by atoms with Crippen molar-refractivity contribution in [3.63, 3.8) is 0 Å². The molecule has 1 atom stereocenters. The predicted octanol–water partition coefficient (Wildman–Crippen LogP) is 1.37. The van der Waals surface area contributed by atoms with Crippen molar-refractivity contribution in [1.29, 1.82) is 0 Å². The monoisotopic (exact) mass is 231 g/mol. The Balaban J connectivity index is 1.97. The molecule has 0 spiro atoms. The maximum atomic E-state index is 4.31. The molecule has 0 fully saturated rings. The van der Waals surface area contributed by atoms with E-state index >= 15 is 0 Å². The van der Waals surface area contributed by atoms with Crippen molar-refractivity contribution in [3.05, 3.63) is 41.7 Å². The summed E-state index contributed by atoms with van der Waals surface area (Å²) in [6.45, 7) is 4.89. The summed E-state index contributed by atoms with van der Waals surface area (Å²) >= 11 is 0. The minimum Gasteiger partial charge on any atom is -0.305 e. The van der Waals surface area contributed by atoms with Gasteiger partial charge in [-0.1, -0.05) is 0 Å². The summed E-state index contributed by atoms with van der Waals surface area (Å²) in [6, 6.07) is 0.184. The summed E-state index contributed by atoms with van der Waals surface area (Å²) in [7, 11) is 1.93. The lowest BCUT2D eigenvalue weighted by Gasteiger charge is -2.12. The highest BCUT2D eigenvalue weighted by atomic mass is 15.2. The molecule has 0 saturated heterocycles. The molecule has 0 amide bonds. The molecule has 1 N–H and O–H groups in total. The maximum Gasteiger partial charge on any atom is 0.0753 e. The Kier molecular flexibility index (Phi) is 3.49. The van der Waals surface area contributed by atoms with Crippen LogP contribution in [0.1, 0.15) is 29.9 Å². The fourth-order valence-corrected chi connectivity index (χ4v) is 1.72. The predicted molar refractivity (Wildman–Crippen MR) is 65.2 cm³/mol. The van der Waals surface area contributed by atoms with Crippen LogP contribution in [0.2, 0.25) is 0 Å². The summed E-state index contributed by atoms with van der Waals surface area (Å²) in [5.74, 6) is 0. The Bertz CT molecular complexity index is 477. The molecular formula is C12H17N5. The lowest BCUT2D eigenvalue weighted by Crippen LogP contribution is -2.19. The second-order valence-electron chi connectivity index (χ2n) is 4.15. The minimum atomic E-state index is 0.184. The maximum absolute atomic E-state index is 4.31. The number of nitrogens with zero attached hydrogens (tertiary/aromatic N) is 4. The molecule has 0 saturated carbocycles. The molecule has 2 aromatic rings. The van der Waals surface area contributed by atoms with E-state index in [1.165, 1.54) is 5.56 Å². The van der Waals surface area contributed by atoms with Gasteiger partial charge in [-0.3, -0.25) is 14.6 Å². The first-order valence-corrected chi connectivity index (χ1v) is 5.65. The van der Waals surface area contributed by atoms with Crippen LogP contribution < -0.4 is 5.32 Å². The lowest BCUT2D eigenvalue weighted by atomic mass is 10.2. The van der Waals surface area contributed by atoms with Gasteiger partial charge in [0.25, 0.3) is 0 Å². The normalized spacial score (nSPS) is 12.6. The standard InChI is InChI=1S/C12H17N5/c1-9-11(8-17(3)16-9)6-15-10(2)12-7-13-4-5-14-12/h4-5,7-8,10,15H,6H2,1-3H3. The average molecular weight is 231 g/mol. The average Bonchev–Trinajstić information content (AvgIpc) is 2.66. The number of hydrogen-bond donors (Lipinski definition) is 1. The number of nitrogens with one attached hydrogen (secondary N) is 1. The van der Waals surface area contributed by atoms with E-state index in [0.29, 0.717) is 0 Å². The molecule has 0 radical (unpaired) electrons. The molecule has 0 aliphatic carbocycles. The van der Waals surface area contributed by atoms with E-state index in [2.05, 4.69) is 27.3 Å². The molecule has 5 nitrogen and oxygen atoms in total. The number of aromatic nitrogens is 4. The van der Waals surface area contributed by atoms with E-state index in [4.69, 9.17) is 0 Å². The van der Waals surface area contributed by atoms with Crippen LogP contribution in [0.15, 0.2) is 24.8 Å². The van der Waals surface area contributed by atoms with Crippen LogP contribution in [0.3, 0.4) is 0 Å². The Hall–Kier alpha value is -1.75. The molecular weight excluding hydrogens is 214 g/mol. The minimum absolute atomic E-state index is 0.184. The van der Waals surface area contributed by atoms with Crippen molar-refractivity contribution in [2.24, 2.45) is 7.05 Å². The van der Waals surface area contributed by atoms with Gasteiger partial charge in [0.2, 0.25) is 0 Å². The first-order chi connectivity index (χ1) is 8.16. The van der Waals surface area contributed by atoms with Gasteiger partial charge >= 0.3 is 0 Å². The van der Waals surface area contributed by atoms with E-state index in [1.54, 1.807) is 18.6 Å². The number of aryl methyl sites for hydroxylation is 2. The molecule has 0 aromatic carbocycles. The molecule has 2 aromatic heterocycles. The summed E-state index contributed by atoms with van der Waals surface area (Å²) in [5, 5.41) is 7.72. The molecule has 0 aliphatic heterocycles. The van der Waals surface area contributed by atoms with E-state index < -0.39 is 0 Å². The van der Waals surface area contributed by atoms with E-state index in [0.717, 1.165) is 17.9 Å². The zero-order chi connectivity index (χ0) is 12.3. The molecule has 5 heteroatoms. The smallest absolute Gasteiger partial charge is 0.0753 e. The summed E-state index contributed by atoms with van der Waals surface area (Å²) < 4.78 is 1.83. The summed E-state index contributed by atoms with van der Waals surface area (Å²) in [4.78, 5) is 8.34. The van der Waals surface area contributed by atoms with Crippen LogP contribution in [-0.2, 0) is 13.6 Å². The van der Waals surface area contributed by atoms with Crippen LogP contribution in [0, 0.1) is 6.92 Å². The van der Waals surface area contributed by atoms with Gasteiger partial charge in [-0.2, -0.15) is 5.10 Å². The van der Waals surface area contributed by atoms with Gasteiger partial charge < -0.3 is 5.32 Å². The van der Waals surface area contributed by atoms with Crippen molar-refractivity contribution in [3.8, 4) is 0 Å². The van der Waals surface area contributed by atoms with Crippen molar-refractivity contribution in [1.82, 2.24) is 25.1 Å². The van der Waals surface area contributed by atoms with Gasteiger partial charge in [-0.15, -0.1) is 0 Å². The second-order valence-corrected chi connectivity index (χ2v) is 4.15. The van der Waals surface area contributed by atoms with E-state index in [1.807, 2.05) is 24.9 Å². The van der Waals surface area contributed by atoms with E-state index in [9.17, 15) is 0 Å². The Morgan fingerprint density at radius 2 is 2.24 bits per heavy atom. The van der Waals surface area contributed by atoms with Gasteiger partial charge in [0.1, 0.15) is 0 Å². The molecule has 90 valence electrons. The summed E-state index contributed by atoms with van der Waals surface area (Å²) in [5.41, 5.74) is 3.23. The third kappa shape index (κ3) is 2.88. The SMILES string of the molecule is Cc1nn(C)cc1CNC(C)c1cnccn1. The second kappa shape index (κ2) is 5.05. The van der Waals surface area contributed by atoms with Gasteiger partial charge in [-0.05, 0) is 13.8 Å². The number of rotatable bonds is 4. The molecule has 2 rings (SSSR count). The highest BCUT2D eigenvalue weighted by Crippen LogP contribution is 2.10. The van der Waals surface area contributed by atoms with Gasteiger partial charge in [0, 0.05) is 50.0 Å². The highest BCUT2D eigenvalue weighted by Gasteiger charge is 2.08. The van der Waals surface area contributed by atoms with Gasteiger partial charge in [-0.25, -0.2) is 0 Å². The fourth-order valence-electron chi connectivity index (χ4n) is 1.72. The van der Waals surface area contributed by atoms with Crippen LogP contribution in [0.4, 0.5) is 0 Å².